The summed E-state index contributed by atoms with van der Waals surface area (Å²) in [5.41, 5.74) is 1.81. The molecule has 1 heterocycles. The van der Waals surface area contributed by atoms with E-state index in [1.165, 1.54) is 7.11 Å². The molecule has 118 valence electrons. The average Bonchev–Trinajstić information content (AvgIpc) is 2.46. The lowest BCUT2D eigenvalue weighted by Crippen LogP contribution is -2.50. The zero-order valence-corrected chi connectivity index (χ0v) is 13.8. The van der Waals surface area contributed by atoms with Gasteiger partial charge in [0.2, 0.25) is 0 Å². The number of amides is 2. The number of urea groups is 1. The van der Waals surface area contributed by atoms with Crippen LogP contribution in [-0.4, -0.2) is 30.1 Å². The second kappa shape index (κ2) is 6.40. The van der Waals surface area contributed by atoms with Gasteiger partial charge in [0.05, 0.1) is 18.7 Å². The summed E-state index contributed by atoms with van der Waals surface area (Å²) in [6.45, 7) is 5.54. The van der Waals surface area contributed by atoms with Crippen molar-refractivity contribution < 1.29 is 14.3 Å². The van der Waals surface area contributed by atoms with Gasteiger partial charge in [-0.25, -0.2) is 9.59 Å². The van der Waals surface area contributed by atoms with E-state index in [1.54, 1.807) is 36.1 Å². The number of hydrogen-bond donors (Lipinski definition) is 1. The second-order valence-electron chi connectivity index (χ2n) is 5.39. The maximum Gasteiger partial charge on any atom is 0.337 e. The van der Waals surface area contributed by atoms with Crippen LogP contribution in [0.1, 0.15) is 32.4 Å². The number of halogens is 1. The number of carbonyl (C=O) groups is 2. The van der Waals surface area contributed by atoms with Gasteiger partial charge in [-0.05, 0) is 38.5 Å². The molecule has 0 saturated carbocycles. The monoisotopic (exact) mass is 322 g/mol. The third-order valence-electron chi connectivity index (χ3n) is 3.65. The van der Waals surface area contributed by atoms with Crippen LogP contribution in [0.5, 0.6) is 0 Å². The topological polar surface area (TPSA) is 58.6 Å². The molecule has 0 aromatic heterocycles. The molecule has 2 rings (SSSR count). The van der Waals surface area contributed by atoms with Gasteiger partial charge in [-0.1, -0.05) is 23.7 Å². The Kier molecular flexibility index (Phi) is 4.76. The molecule has 6 heteroatoms. The van der Waals surface area contributed by atoms with E-state index < -0.39 is 12.0 Å². The van der Waals surface area contributed by atoms with E-state index in [2.05, 4.69) is 5.32 Å². The highest BCUT2D eigenvalue weighted by atomic mass is 35.5. The Hall–Kier alpha value is -2.01. The lowest BCUT2D eigenvalue weighted by atomic mass is 9.94. The first-order chi connectivity index (χ1) is 10.4. The van der Waals surface area contributed by atoms with Crippen molar-refractivity contribution in [2.75, 3.05) is 7.11 Å². The molecule has 1 aliphatic rings. The van der Waals surface area contributed by atoms with Crippen LogP contribution in [0.15, 0.2) is 35.5 Å². The zero-order chi connectivity index (χ0) is 16.4. The normalized spacial score (nSPS) is 18.5. The van der Waals surface area contributed by atoms with Gasteiger partial charge in [0.25, 0.3) is 0 Å². The van der Waals surface area contributed by atoms with Gasteiger partial charge in [0.1, 0.15) is 0 Å². The Morgan fingerprint density at radius 2 is 1.91 bits per heavy atom. The Bertz CT molecular complexity index is 623. The molecule has 1 aromatic rings. The van der Waals surface area contributed by atoms with E-state index in [-0.39, 0.29) is 12.1 Å². The number of ether oxygens (including phenoxy) is 1. The first-order valence-corrected chi connectivity index (χ1v) is 7.39. The Morgan fingerprint density at radius 3 is 2.41 bits per heavy atom. The lowest BCUT2D eigenvalue weighted by molar-refractivity contribution is -0.136. The quantitative estimate of drug-likeness (QED) is 0.869. The molecule has 0 bridgehead atoms. The third-order valence-corrected chi connectivity index (χ3v) is 3.90. The van der Waals surface area contributed by atoms with Crippen LogP contribution in [-0.2, 0) is 9.53 Å². The molecule has 0 unspecified atom stereocenters. The summed E-state index contributed by atoms with van der Waals surface area (Å²) in [5.74, 6) is -0.455. The maximum atomic E-state index is 12.4. The number of esters is 1. The summed E-state index contributed by atoms with van der Waals surface area (Å²) < 4.78 is 4.90. The van der Waals surface area contributed by atoms with Crippen molar-refractivity contribution in [2.24, 2.45) is 0 Å². The van der Waals surface area contributed by atoms with Gasteiger partial charge in [-0.2, -0.15) is 0 Å². The van der Waals surface area contributed by atoms with Crippen LogP contribution in [0.4, 0.5) is 4.79 Å². The van der Waals surface area contributed by atoms with Gasteiger partial charge in [-0.3, -0.25) is 4.90 Å². The smallest absolute Gasteiger partial charge is 0.337 e. The van der Waals surface area contributed by atoms with E-state index >= 15 is 0 Å². The number of nitrogens with zero attached hydrogens (tertiary/aromatic N) is 1. The molecule has 5 nitrogen and oxygen atoms in total. The van der Waals surface area contributed by atoms with Crippen LogP contribution < -0.4 is 5.32 Å². The first-order valence-electron chi connectivity index (χ1n) is 7.01. The highest BCUT2D eigenvalue weighted by molar-refractivity contribution is 6.30. The maximum absolute atomic E-state index is 12.4. The van der Waals surface area contributed by atoms with Crippen LogP contribution >= 0.6 is 11.6 Å². The molecule has 0 radical (unpaired) electrons. The van der Waals surface area contributed by atoms with Crippen LogP contribution in [0.2, 0.25) is 5.02 Å². The van der Waals surface area contributed by atoms with Crippen LogP contribution in [0.25, 0.3) is 0 Å². The Morgan fingerprint density at radius 1 is 1.32 bits per heavy atom. The largest absolute Gasteiger partial charge is 0.466 e. The second-order valence-corrected chi connectivity index (χ2v) is 5.82. The minimum Gasteiger partial charge on any atom is -0.466 e. The number of nitrogens with one attached hydrogen (secondary N) is 1. The van der Waals surface area contributed by atoms with E-state index in [9.17, 15) is 9.59 Å². The molecule has 2 amide bonds. The third kappa shape index (κ3) is 2.95. The standard InChI is InChI=1S/C16H19ClN2O3/c1-9(2)19-10(3)13(15(20)22-4)14(18-16(19)21)11-5-7-12(17)8-6-11/h5-9,14H,1-4H3,(H,18,21)/t14-/m1/s1. The number of carbonyl (C=O) groups excluding carboxylic acids is 2. The molecular weight excluding hydrogens is 304 g/mol. The first kappa shape index (κ1) is 16.4. The van der Waals surface area contributed by atoms with Crippen molar-refractivity contribution in [2.45, 2.75) is 32.9 Å². The molecule has 0 aliphatic carbocycles. The van der Waals surface area contributed by atoms with Crippen LogP contribution in [0.3, 0.4) is 0 Å². The van der Waals surface area contributed by atoms with Crippen molar-refractivity contribution in [3.63, 3.8) is 0 Å². The van der Waals surface area contributed by atoms with E-state index in [0.717, 1.165) is 5.56 Å². The van der Waals surface area contributed by atoms with Gasteiger partial charge in [-0.15, -0.1) is 0 Å². The fourth-order valence-electron chi connectivity index (χ4n) is 2.66. The predicted octanol–water partition coefficient (Wildman–Crippen LogP) is 3.26. The lowest BCUT2D eigenvalue weighted by Gasteiger charge is -2.37. The molecule has 0 saturated heterocycles. The molecule has 0 spiro atoms. The van der Waals surface area contributed by atoms with Crippen molar-refractivity contribution in [3.05, 3.63) is 46.1 Å². The molecule has 1 atom stereocenters. The highest BCUT2D eigenvalue weighted by Crippen LogP contribution is 2.32. The molecule has 22 heavy (non-hydrogen) atoms. The predicted molar refractivity (Wildman–Crippen MR) is 84.4 cm³/mol. The summed E-state index contributed by atoms with van der Waals surface area (Å²) in [5, 5.41) is 3.46. The molecule has 1 N–H and O–H groups in total. The molecule has 0 fully saturated rings. The van der Waals surface area contributed by atoms with Crippen molar-refractivity contribution in [1.29, 1.82) is 0 Å². The van der Waals surface area contributed by atoms with Crippen molar-refractivity contribution >= 4 is 23.6 Å². The summed E-state index contributed by atoms with van der Waals surface area (Å²) in [6.07, 6.45) is 0. The molecular formula is C16H19ClN2O3. The van der Waals surface area contributed by atoms with Crippen molar-refractivity contribution in [1.82, 2.24) is 10.2 Å². The van der Waals surface area contributed by atoms with Gasteiger partial charge < -0.3 is 10.1 Å². The average molecular weight is 323 g/mol. The fraction of sp³-hybridized carbons (Fsp3) is 0.375. The van der Waals surface area contributed by atoms with Gasteiger partial charge in [0, 0.05) is 16.8 Å². The number of methoxy groups -OCH3 is 1. The SMILES string of the molecule is COC(=O)C1=C(C)N(C(C)C)C(=O)N[C@@H]1c1ccc(Cl)cc1. The minimum absolute atomic E-state index is 0.0641. The van der Waals surface area contributed by atoms with Crippen molar-refractivity contribution in [3.8, 4) is 0 Å². The summed E-state index contributed by atoms with van der Waals surface area (Å²) in [6, 6.07) is 6.17. The Balaban J connectivity index is 2.55. The summed E-state index contributed by atoms with van der Waals surface area (Å²) >= 11 is 5.90. The van der Waals surface area contributed by atoms with E-state index in [1.807, 2.05) is 13.8 Å². The van der Waals surface area contributed by atoms with E-state index in [0.29, 0.717) is 16.3 Å². The number of rotatable bonds is 3. The highest BCUT2D eigenvalue weighted by Gasteiger charge is 2.37. The fourth-order valence-corrected chi connectivity index (χ4v) is 2.78. The number of benzene rings is 1. The van der Waals surface area contributed by atoms with Gasteiger partial charge in [0.15, 0.2) is 0 Å². The zero-order valence-electron chi connectivity index (χ0n) is 13.0. The Labute approximate surface area is 134 Å². The number of hydrogen-bond acceptors (Lipinski definition) is 3. The summed E-state index contributed by atoms with van der Waals surface area (Å²) in [4.78, 5) is 26.1. The van der Waals surface area contributed by atoms with Gasteiger partial charge >= 0.3 is 12.0 Å². The minimum atomic E-state index is -0.549. The van der Waals surface area contributed by atoms with E-state index in [4.69, 9.17) is 16.3 Å². The number of allylic oxidation sites excluding steroid dienone is 1. The molecule has 1 aromatic carbocycles. The molecule has 1 aliphatic heterocycles. The van der Waals surface area contributed by atoms with Crippen LogP contribution in [0, 0.1) is 0 Å². The summed E-state index contributed by atoms with van der Waals surface area (Å²) in [7, 11) is 1.33.